The monoisotopic (exact) mass is 499 g/mol. The minimum atomic E-state index is -0.326. The number of likely N-dealkylation sites (N-methyl/N-ethyl adjacent to an activating group) is 1. The van der Waals surface area contributed by atoms with E-state index >= 15 is 0 Å². The lowest BCUT2D eigenvalue weighted by Crippen LogP contribution is -2.44. The highest BCUT2D eigenvalue weighted by Crippen LogP contribution is 2.37. The predicted molar refractivity (Wildman–Crippen MR) is 146 cm³/mol. The summed E-state index contributed by atoms with van der Waals surface area (Å²) in [4.78, 5) is 30.3. The van der Waals surface area contributed by atoms with Crippen LogP contribution in [0.1, 0.15) is 0 Å². The van der Waals surface area contributed by atoms with Gasteiger partial charge in [-0.1, -0.05) is 48.5 Å². The Morgan fingerprint density at radius 2 is 1.78 bits per heavy atom. The van der Waals surface area contributed by atoms with Gasteiger partial charge in [-0.3, -0.25) is 4.79 Å². The summed E-state index contributed by atoms with van der Waals surface area (Å²) in [7, 11) is 2.14. The Kier molecular flexibility index (Phi) is 6.79. The van der Waals surface area contributed by atoms with Crippen molar-refractivity contribution in [3.63, 3.8) is 0 Å². The lowest BCUT2D eigenvalue weighted by molar-refractivity contribution is -0.111. The number of nitrogens with one attached hydrogen (secondary N) is 2. The van der Waals surface area contributed by atoms with Crippen LogP contribution in [0.5, 0.6) is 0 Å². The molecule has 36 heavy (non-hydrogen) atoms. The highest BCUT2D eigenvalue weighted by atomic mass is 35.5. The topological polar surface area (TPSA) is 86.3 Å². The number of aromatic nitrogens is 3. The fourth-order valence-electron chi connectivity index (χ4n) is 4.17. The van der Waals surface area contributed by atoms with Gasteiger partial charge in [-0.25, -0.2) is 15.0 Å². The van der Waals surface area contributed by atoms with Crippen molar-refractivity contribution in [2.75, 3.05) is 48.8 Å². The Balaban J connectivity index is 1.42. The molecular weight excluding hydrogens is 474 g/mol. The lowest BCUT2D eigenvalue weighted by Gasteiger charge is -2.33. The zero-order valence-corrected chi connectivity index (χ0v) is 20.7. The fourth-order valence-corrected chi connectivity index (χ4v) is 4.44. The summed E-state index contributed by atoms with van der Waals surface area (Å²) in [5.41, 5.74) is 3.64. The van der Waals surface area contributed by atoms with E-state index in [4.69, 9.17) is 16.6 Å². The second-order valence-corrected chi connectivity index (χ2v) is 9.00. The van der Waals surface area contributed by atoms with Crippen molar-refractivity contribution in [3.05, 3.63) is 78.6 Å². The third-order valence-corrected chi connectivity index (χ3v) is 6.58. The molecule has 5 rings (SSSR count). The number of benzene rings is 2. The average molecular weight is 500 g/mol. The maximum absolute atomic E-state index is 11.8. The van der Waals surface area contributed by atoms with Crippen LogP contribution in [-0.4, -0.2) is 59.0 Å². The number of rotatable bonds is 6. The smallest absolute Gasteiger partial charge is 0.247 e. The highest BCUT2D eigenvalue weighted by molar-refractivity contribution is 6.37. The zero-order valence-electron chi connectivity index (χ0n) is 19.9. The van der Waals surface area contributed by atoms with Crippen LogP contribution in [0.15, 0.2) is 73.6 Å². The van der Waals surface area contributed by atoms with Crippen molar-refractivity contribution in [2.24, 2.45) is 0 Å². The number of fused-ring (bicyclic) bond motifs is 1. The van der Waals surface area contributed by atoms with E-state index in [9.17, 15) is 4.79 Å². The van der Waals surface area contributed by atoms with Gasteiger partial charge in [0.15, 0.2) is 0 Å². The van der Waals surface area contributed by atoms with Gasteiger partial charge in [0.25, 0.3) is 0 Å². The molecule has 0 spiro atoms. The first-order chi connectivity index (χ1) is 17.5. The van der Waals surface area contributed by atoms with Crippen molar-refractivity contribution < 1.29 is 4.79 Å². The molecule has 0 radical (unpaired) electrons. The van der Waals surface area contributed by atoms with Crippen LogP contribution in [-0.2, 0) is 4.79 Å². The van der Waals surface area contributed by atoms with E-state index in [0.29, 0.717) is 16.7 Å². The van der Waals surface area contributed by atoms with Crippen LogP contribution in [0.4, 0.5) is 23.1 Å². The van der Waals surface area contributed by atoms with Gasteiger partial charge in [0, 0.05) is 48.9 Å². The molecule has 2 N–H and O–H groups in total. The van der Waals surface area contributed by atoms with E-state index in [0.717, 1.165) is 59.7 Å². The summed E-state index contributed by atoms with van der Waals surface area (Å²) in [5, 5.41) is 7.31. The molecule has 1 aliphatic heterocycles. The number of amides is 1. The number of anilines is 4. The molecule has 4 aromatic rings. The van der Waals surface area contributed by atoms with Crippen LogP contribution in [0.3, 0.4) is 0 Å². The van der Waals surface area contributed by atoms with Gasteiger partial charge in [-0.05, 0) is 31.3 Å². The number of nitrogens with zero attached hydrogens (tertiary/aromatic N) is 5. The standard InChI is InChI=1S/C27H26ClN7O/c1-3-24(36)32-22-9-5-7-20(25(22)28)21-8-4-6-18-16-30-27(33-26(18)21)31-19-10-11-23(29-17-19)35-14-12-34(2)13-15-35/h3-11,16-17H,1,12-15H2,2H3,(H,32,36)(H,30,31,33). The number of para-hydroxylation sites is 1. The molecule has 9 heteroatoms. The van der Waals surface area contributed by atoms with Gasteiger partial charge < -0.3 is 20.4 Å². The number of carbonyl (C=O) groups is 1. The molecule has 0 aliphatic carbocycles. The molecule has 1 aliphatic rings. The first-order valence-corrected chi connectivity index (χ1v) is 12.0. The van der Waals surface area contributed by atoms with Gasteiger partial charge in [-0.15, -0.1) is 0 Å². The van der Waals surface area contributed by atoms with Crippen molar-refractivity contribution in [3.8, 4) is 11.1 Å². The minimum Gasteiger partial charge on any atom is -0.354 e. The Hall–Kier alpha value is -4.01. The summed E-state index contributed by atoms with van der Waals surface area (Å²) >= 11 is 6.68. The molecular formula is C27H26ClN7O. The minimum absolute atomic E-state index is 0.326. The normalized spacial score (nSPS) is 14.0. The molecule has 0 atom stereocenters. The number of piperazine rings is 1. The second kappa shape index (κ2) is 10.3. The molecule has 8 nitrogen and oxygen atoms in total. The van der Waals surface area contributed by atoms with Crippen LogP contribution < -0.4 is 15.5 Å². The van der Waals surface area contributed by atoms with Gasteiger partial charge in [0.2, 0.25) is 11.9 Å². The van der Waals surface area contributed by atoms with E-state index in [2.05, 4.69) is 44.0 Å². The first kappa shape index (κ1) is 23.7. The molecule has 1 saturated heterocycles. The van der Waals surface area contributed by atoms with Crippen LogP contribution >= 0.6 is 11.6 Å². The summed E-state index contributed by atoms with van der Waals surface area (Å²) in [6, 6.07) is 15.3. The van der Waals surface area contributed by atoms with E-state index in [1.54, 1.807) is 18.5 Å². The van der Waals surface area contributed by atoms with E-state index < -0.39 is 0 Å². The molecule has 0 unspecified atom stereocenters. The third-order valence-electron chi connectivity index (χ3n) is 6.17. The summed E-state index contributed by atoms with van der Waals surface area (Å²) < 4.78 is 0. The van der Waals surface area contributed by atoms with Gasteiger partial charge in [-0.2, -0.15) is 0 Å². The molecule has 0 bridgehead atoms. The van der Waals surface area contributed by atoms with E-state index in [1.165, 1.54) is 6.08 Å². The summed E-state index contributed by atoms with van der Waals surface area (Å²) in [5.74, 6) is 1.10. The Labute approximate surface area is 214 Å². The molecule has 2 aromatic carbocycles. The number of hydrogen-bond donors (Lipinski definition) is 2. The van der Waals surface area contributed by atoms with Crippen LogP contribution in [0.2, 0.25) is 5.02 Å². The van der Waals surface area contributed by atoms with Crippen molar-refractivity contribution in [2.45, 2.75) is 0 Å². The Bertz CT molecular complexity index is 1420. The van der Waals surface area contributed by atoms with Crippen LogP contribution in [0, 0.1) is 0 Å². The molecule has 1 fully saturated rings. The molecule has 182 valence electrons. The number of pyridine rings is 1. The SMILES string of the molecule is C=CC(=O)Nc1cccc(-c2cccc3cnc(Nc4ccc(N5CCN(C)CC5)nc4)nc23)c1Cl. The zero-order chi connectivity index (χ0) is 25.1. The maximum Gasteiger partial charge on any atom is 0.247 e. The third kappa shape index (κ3) is 5.00. The van der Waals surface area contributed by atoms with E-state index in [-0.39, 0.29) is 5.91 Å². The van der Waals surface area contributed by atoms with Gasteiger partial charge in [0.05, 0.1) is 28.1 Å². The fraction of sp³-hybridized carbons (Fsp3) is 0.185. The number of hydrogen-bond acceptors (Lipinski definition) is 7. The number of halogens is 1. The Morgan fingerprint density at radius 3 is 2.53 bits per heavy atom. The largest absolute Gasteiger partial charge is 0.354 e. The summed E-state index contributed by atoms with van der Waals surface area (Å²) in [6.45, 7) is 7.49. The Morgan fingerprint density at radius 1 is 1.00 bits per heavy atom. The maximum atomic E-state index is 11.8. The number of carbonyl (C=O) groups excluding carboxylic acids is 1. The second-order valence-electron chi connectivity index (χ2n) is 8.62. The first-order valence-electron chi connectivity index (χ1n) is 11.7. The quantitative estimate of drug-likeness (QED) is 0.362. The lowest BCUT2D eigenvalue weighted by atomic mass is 10.0. The predicted octanol–water partition coefficient (Wildman–Crippen LogP) is 4.97. The average Bonchev–Trinajstić information content (AvgIpc) is 2.90. The molecule has 2 aromatic heterocycles. The van der Waals surface area contributed by atoms with Gasteiger partial charge in [0.1, 0.15) is 5.82 Å². The van der Waals surface area contributed by atoms with Crippen molar-refractivity contribution in [1.29, 1.82) is 0 Å². The molecule has 1 amide bonds. The van der Waals surface area contributed by atoms with Crippen LogP contribution in [0.25, 0.3) is 22.0 Å². The molecule has 0 saturated carbocycles. The highest BCUT2D eigenvalue weighted by Gasteiger charge is 2.16. The molecule has 3 heterocycles. The van der Waals surface area contributed by atoms with Crippen molar-refractivity contribution >= 4 is 51.6 Å². The summed E-state index contributed by atoms with van der Waals surface area (Å²) in [6.07, 6.45) is 4.78. The van der Waals surface area contributed by atoms with Crippen molar-refractivity contribution in [1.82, 2.24) is 19.9 Å². The van der Waals surface area contributed by atoms with E-state index in [1.807, 2.05) is 42.5 Å². The van der Waals surface area contributed by atoms with Gasteiger partial charge >= 0.3 is 0 Å².